The molecular weight excluding hydrogens is 217 g/mol. The molecule has 8 heavy (non-hydrogen) atoms. The van der Waals surface area contributed by atoms with Crippen molar-refractivity contribution in [3.8, 4) is 6.26 Å². The van der Waals surface area contributed by atoms with Gasteiger partial charge in [0.2, 0.25) is 0 Å². The van der Waals surface area contributed by atoms with Gasteiger partial charge in [0.15, 0.2) is 3.77 Å². The monoisotopic (exact) mass is 221 g/mol. The minimum Gasteiger partial charge on any atom is -0.381 e. The van der Waals surface area contributed by atoms with Crippen molar-refractivity contribution in [3.63, 3.8) is 0 Å². The van der Waals surface area contributed by atoms with E-state index in [0.29, 0.717) is 3.77 Å². The molecule has 0 aromatic carbocycles. The third-order valence-corrected chi connectivity index (χ3v) is 0.972. The average molecular weight is 221 g/mol. The van der Waals surface area contributed by atoms with Crippen LogP contribution in [0.3, 0.4) is 0 Å². The number of hydrogen-bond donors (Lipinski definition) is 0. The van der Waals surface area contributed by atoms with E-state index in [2.05, 4.69) is 11.3 Å². The Bertz CT molecular complexity index is 145. The fraction of sp³-hybridized carbons (Fsp3) is 0. The predicted octanol–water partition coefficient (Wildman–Crippen LogP) is 1.95. The number of nitriles is 1. The van der Waals surface area contributed by atoms with E-state index in [1.165, 1.54) is 6.26 Å². The summed E-state index contributed by atoms with van der Waals surface area (Å²) in [5, 5.41) is 7.91. The molecule has 0 aliphatic heterocycles. The SMILES string of the molecule is C=C/C=C(\I)OC#N. The summed E-state index contributed by atoms with van der Waals surface area (Å²) in [7, 11) is 0. The molecule has 0 spiro atoms. The first-order chi connectivity index (χ1) is 3.81. The highest BCUT2D eigenvalue weighted by Crippen LogP contribution is 2.05. The molecule has 0 fully saturated rings. The Labute approximate surface area is 61.6 Å². The number of hydrogen-bond acceptors (Lipinski definition) is 2. The quantitative estimate of drug-likeness (QED) is 0.309. The lowest BCUT2D eigenvalue weighted by atomic mass is 10.6. The third kappa shape index (κ3) is 3.68. The van der Waals surface area contributed by atoms with Gasteiger partial charge in [-0.25, -0.2) is 0 Å². The van der Waals surface area contributed by atoms with Gasteiger partial charge in [0, 0.05) is 22.6 Å². The second kappa shape index (κ2) is 4.65. The topological polar surface area (TPSA) is 33.0 Å². The van der Waals surface area contributed by atoms with Gasteiger partial charge in [-0.15, -0.1) is 5.26 Å². The molecule has 0 aromatic rings. The maximum Gasteiger partial charge on any atom is 0.292 e. The fourth-order valence-electron chi connectivity index (χ4n) is 0.170. The standard InChI is InChI=1S/C5H4INO/c1-2-3-5(6)8-4-7/h2-3H,1H2/b5-3+. The lowest BCUT2D eigenvalue weighted by Crippen LogP contribution is -1.69. The molecule has 0 heterocycles. The number of ether oxygens (including phenoxy) is 1. The maximum absolute atomic E-state index is 7.91. The predicted molar refractivity (Wildman–Crippen MR) is 39.0 cm³/mol. The van der Waals surface area contributed by atoms with Gasteiger partial charge >= 0.3 is 0 Å². The molecule has 0 aliphatic carbocycles. The summed E-state index contributed by atoms with van der Waals surface area (Å²) in [6, 6.07) is 0. The van der Waals surface area contributed by atoms with Gasteiger partial charge in [-0.3, -0.25) is 0 Å². The van der Waals surface area contributed by atoms with Crippen LogP contribution in [0.5, 0.6) is 0 Å². The lowest BCUT2D eigenvalue weighted by molar-refractivity contribution is 0.422. The largest absolute Gasteiger partial charge is 0.381 e. The minimum atomic E-state index is 0.528. The summed E-state index contributed by atoms with van der Waals surface area (Å²) in [4.78, 5) is 0. The van der Waals surface area contributed by atoms with E-state index < -0.39 is 0 Å². The normalized spacial score (nSPS) is 9.75. The summed E-state index contributed by atoms with van der Waals surface area (Å²) < 4.78 is 4.89. The van der Waals surface area contributed by atoms with Crippen LogP contribution in [0.25, 0.3) is 0 Å². The summed E-state index contributed by atoms with van der Waals surface area (Å²) in [5.74, 6) is 0. The lowest BCUT2D eigenvalue weighted by Gasteiger charge is -1.84. The van der Waals surface area contributed by atoms with Crippen molar-refractivity contribution in [1.82, 2.24) is 0 Å². The van der Waals surface area contributed by atoms with E-state index in [1.807, 2.05) is 22.6 Å². The van der Waals surface area contributed by atoms with Crippen molar-refractivity contribution in [2.75, 3.05) is 0 Å². The molecule has 0 unspecified atom stereocenters. The molecule has 0 saturated carbocycles. The van der Waals surface area contributed by atoms with Crippen LogP contribution < -0.4 is 0 Å². The zero-order valence-corrected chi connectivity index (χ0v) is 6.25. The van der Waals surface area contributed by atoms with E-state index >= 15 is 0 Å². The highest BCUT2D eigenvalue weighted by atomic mass is 127. The van der Waals surface area contributed by atoms with Crippen LogP contribution in [0, 0.1) is 11.5 Å². The molecule has 0 aliphatic rings. The van der Waals surface area contributed by atoms with Gasteiger partial charge in [0.1, 0.15) is 0 Å². The number of rotatable bonds is 2. The van der Waals surface area contributed by atoms with E-state index in [-0.39, 0.29) is 0 Å². The number of halogens is 1. The Balaban J connectivity index is 3.65. The fourth-order valence-corrected chi connectivity index (χ4v) is 0.523. The second-order valence-electron chi connectivity index (χ2n) is 0.900. The van der Waals surface area contributed by atoms with Crippen molar-refractivity contribution in [2.24, 2.45) is 0 Å². The van der Waals surface area contributed by atoms with Crippen LogP contribution in [0.4, 0.5) is 0 Å². The van der Waals surface area contributed by atoms with Crippen molar-refractivity contribution < 1.29 is 4.74 Å². The van der Waals surface area contributed by atoms with Gasteiger partial charge in [-0.05, 0) is 6.08 Å². The van der Waals surface area contributed by atoms with Crippen molar-refractivity contribution in [3.05, 3.63) is 22.5 Å². The van der Waals surface area contributed by atoms with Crippen molar-refractivity contribution in [1.29, 1.82) is 5.26 Å². The molecular formula is C5H4INO. The smallest absolute Gasteiger partial charge is 0.292 e. The Morgan fingerprint density at radius 3 is 2.88 bits per heavy atom. The summed E-state index contributed by atoms with van der Waals surface area (Å²) in [6.07, 6.45) is 4.68. The highest BCUT2D eigenvalue weighted by molar-refractivity contribution is 14.1. The molecule has 2 nitrogen and oxygen atoms in total. The molecule has 0 bridgehead atoms. The van der Waals surface area contributed by atoms with Crippen LogP contribution >= 0.6 is 22.6 Å². The zero-order chi connectivity index (χ0) is 6.41. The van der Waals surface area contributed by atoms with Crippen LogP contribution in [0.2, 0.25) is 0 Å². The Kier molecular flexibility index (Phi) is 4.36. The first-order valence-electron chi connectivity index (χ1n) is 1.85. The highest BCUT2D eigenvalue weighted by Gasteiger charge is 1.82. The average Bonchev–Trinajstić information content (AvgIpc) is 1.68. The number of nitrogens with zero attached hydrogens (tertiary/aromatic N) is 1. The molecule has 0 N–H and O–H groups in total. The van der Waals surface area contributed by atoms with Gasteiger partial charge in [0.25, 0.3) is 6.26 Å². The van der Waals surface area contributed by atoms with E-state index in [4.69, 9.17) is 5.26 Å². The van der Waals surface area contributed by atoms with Gasteiger partial charge in [-0.2, -0.15) is 0 Å². The Hall–Kier alpha value is -0.500. The molecule has 0 atom stereocenters. The molecule has 0 amide bonds. The van der Waals surface area contributed by atoms with Crippen molar-refractivity contribution >= 4 is 22.6 Å². The van der Waals surface area contributed by atoms with Crippen LogP contribution in [-0.4, -0.2) is 0 Å². The van der Waals surface area contributed by atoms with Gasteiger partial charge < -0.3 is 4.74 Å². The number of allylic oxidation sites excluding steroid dienone is 2. The minimum absolute atomic E-state index is 0.528. The molecule has 0 saturated heterocycles. The first-order valence-corrected chi connectivity index (χ1v) is 2.93. The summed E-state index contributed by atoms with van der Waals surface area (Å²) in [6.45, 7) is 3.41. The Morgan fingerprint density at radius 2 is 2.50 bits per heavy atom. The molecule has 0 radical (unpaired) electrons. The first kappa shape index (κ1) is 7.50. The van der Waals surface area contributed by atoms with Crippen LogP contribution in [0.15, 0.2) is 22.5 Å². The molecule has 3 heteroatoms. The second-order valence-corrected chi connectivity index (χ2v) is 1.96. The van der Waals surface area contributed by atoms with E-state index in [9.17, 15) is 0 Å². The third-order valence-electron chi connectivity index (χ3n) is 0.392. The van der Waals surface area contributed by atoms with E-state index in [1.54, 1.807) is 12.2 Å². The summed E-state index contributed by atoms with van der Waals surface area (Å²) in [5.41, 5.74) is 0. The zero-order valence-electron chi connectivity index (χ0n) is 4.10. The van der Waals surface area contributed by atoms with Gasteiger partial charge in [0.05, 0.1) is 0 Å². The maximum atomic E-state index is 7.91. The molecule has 0 rings (SSSR count). The van der Waals surface area contributed by atoms with Crippen LogP contribution in [-0.2, 0) is 4.74 Å². The summed E-state index contributed by atoms with van der Waals surface area (Å²) >= 11 is 1.89. The van der Waals surface area contributed by atoms with E-state index in [0.717, 1.165) is 0 Å². The molecule has 0 aromatic heterocycles. The van der Waals surface area contributed by atoms with Crippen molar-refractivity contribution in [2.45, 2.75) is 0 Å². The van der Waals surface area contributed by atoms with Gasteiger partial charge in [-0.1, -0.05) is 12.7 Å². The van der Waals surface area contributed by atoms with Crippen LogP contribution in [0.1, 0.15) is 0 Å². The molecule has 42 valence electrons. The Morgan fingerprint density at radius 1 is 1.88 bits per heavy atom.